The maximum absolute atomic E-state index is 10.6. The third-order valence-corrected chi connectivity index (χ3v) is 1.57. The Labute approximate surface area is 81.8 Å². The Morgan fingerprint density at radius 1 is 1.43 bits per heavy atom. The van der Waals surface area contributed by atoms with Crippen molar-refractivity contribution in [3.05, 3.63) is 23.8 Å². The van der Waals surface area contributed by atoms with Gasteiger partial charge in [-0.25, -0.2) is 4.79 Å². The van der Waals surface area contributed by atoms with Gasteiger partial charge in [0, 0.05) is 6.07 Å². The lowest BCUT2D eigenvalue weighted by molar-refractivity contribution is 0.0693. The molecule has 0 aromatic heterocycles. The summed E-state index contributed by atoms with van der Waals surface area (Å²) < 4.78 is 5.28. The Morgan fingerprint density at radius 3 is 2.50 bits per heavy atom. The molecule has 0 saturated carbocycles. The number of ether oxygens (including phenoxy) is 1. The molecule has 0 radical (unpaired) electrons. The normalized spacial score (nSPS) is 10.2. The second-order valence-corrected chi connectivity index (χ2v) is 3.15. The van der Waals surface area contributed by atoms with Crippen LogP contribution in [0.1, 0.15) is 24.2 Å². The summed E-state index contributed by atoms with van der Waals surface area (Å²) in [5, 5.41) is 18.0. The van der Waals surface area contributed by atoms with Crippen LogP contribution in [-0.4, -0.2) is 22.3 Å². The molecule has 0 aliphatic rings. The van der Waals surface area contributed by atoms with Crippen molar-refractivity contribution in [1.29, 1.82) is 0 Å². The molecule has 76 valence electrons. The minimum atomic E-state index is -1.15. The average Bonchev–Trinajstić information content (AvgIpc) is 2.01. The fourth-order valence-electron chi connectivity index (χ4n) is 1.04. The monoisotopic (exact) mass is 196 g/mol. The number of carboxylic acid groups (broad SMARTS) is 1. The molecule has 0 aliphatic carbocycles. The number of hydrogen-bond acceptors (Lipinski definition) is 3. The highest BCUT2D eigenvalue weighted by atomic mass is 16.5. The average molecular weight is 196 g/mol. The third kappa shape index (κ3) is 2.39. The first-order valence-electron chi connectivity index (χ1n) is 4.23. The van der Waals surface area contributed by atoms with Gasteiger partial charge in [0.05, 0.1) is 6.10 Å². The summed E-state index contributed by atoms with van der Waals surface area (Å²) in [4.78, 5) is 10.6. The van der Waals surface area contributed by atoms with Gasteiger partial charge < -0.3 is 14.9 Å². The summed E-state index contributed by atoms with van der Waals surface area (Å²) >= 11 is 0. The van der Waals surface area contributed by atoms with Gasteiger partial charge in [-0.05, 0) is 26.0 Å². The van der Waals surface area contributed by atoms with E-state index in [-0.39, 0.29) is 17.4 Å². The Bertz CT molecular complexity index is 344. The number of rotatable bonds is 3. The van der Waals surface area contributed by atoms with Crippen LogP contribution in [0.2, 0.25) is 0 Å². The van der Waals surface area contributed by atoms with Gasteiger partial charge in [-0.2, -0.15) is 0 Å². The van der Waals surface area contributed by atoms with Crippen LogP contribution < -0.4 is 4.74 Å². The van der Waals surface area contributed by atoms with Crippen LogP contribution in [0.3, 0.4) is 0 Å². The second kappa shape index (κ2) is 4.00. The highest BCUT2D eigenvalue weighted by molar-refractivity contribution is 5.90. The van der Waals surface area contributed by atoms with E-state index in [4.69, 9.17) is 9.84 Å². The standard InChI is InChI=1S/C10H12O4/c1-6(2)14-7-3-4-8(10(12)13)9(11)5-7/h3-6,11H,1-2H3,(H,12,13). The van der Waals surface area contributed by atoms with Crippen LogP contribution in [0.25, 0.3) is 0 Å². The summed E-state index contributed by atoms with van der Waals surface area (Å²) in [5.74, 6) is -0.975. The van der Waals surface area contributed by atoms with Gasteiger partial charge in [0.25, 0.3) is 0 Å². The molecule has 0 heterocycles. The lowest BCUT2D eigenvalue weighted by Crippen LogP contribution is -2.06. The highest BCUT2D eigenvalue weighted by Crippen LogP contribution is 2.24. The molecule has 1 rings (SSSR count). The van der Waals surface area contributed by atoms with Crippen LogP contribution in [0.4, 0.5) is 0 Å². The van der Waals surface area contributed by atoms with E-state index >= 15 is 0 Å². The Hall–Kier alpha value is -1.71. The van der Waals surface area contributed by atoms with Crippen LogP contribution in [0.15, 0.2) is 18.2 Å². The summed E-state index contributed by atoms with van der Waals surface area (Å²) in [6, 6.07) is 4.13. The lowest BCUT2D eigenvalue weighted by Gasteiger charge is -2.10. The molecule has 4 heteroatoms. The molecule has 1 aromatic carbocycles. The van der Waals surface area contributed by atoms with Gasteiger partial charge in [0.15, 0.2) is 0 Å². The van der Waals surface area contributed by atoms with E-state index in [0.29, 0.717) is 5.75 Å². The third-order valence-electron chi connectivity index (χ3n) is 1.57. The van der Waals surface area contributed by atoms with Crippen molar-refractivity contribution in [3.8, 4) is 11.5 Å². The van der Waals surface area contributed by atoms with Gasteiger partial charge in [-0.15, -0.1) is 0 Å². The van der Waals surface area contributed by atoms with E-state index < -0.39 is 5.97 Å². The molecule has 4 nitrogen and oxygen atoms in total. The van der Waals surface area contributed by atoms with Crippen LogP contribution in [-0.2, 0) is 0 Å². The lowest BCUT2D eigenvalue weighted by atomic mass is 10.2. The minimum Gasteiger partial charge on any atom is -0.507 e. The first kappa shape index (κ1) is 10.4. The number of carbonyl (C=O) groups is 1. The molecule has 0 amide bonds. The number of carboxylic acids is 1. The summed E-state index contributed by atoms with van der Waals surface area (Å²) in [7, 11) is 0. The smallest absolute Gasteiger partial charge is 0.339 e. The van der Waals surface area contributed by atoms with E-state index in [1.165, 1.54) is 18.2 Å². The summed E-state index contributed by atoms with van der Waals surface area (Å²) in [5.41, 5.74) is -0.124. The topological polar surface area (TPSA) is 66.8 Å². The van der Waals surface area contributed by atoms with Crippen LogP contribution >= 0.6 is 0 Å². The van der Waals surface area contributed by atoms with Crippen LogP contribution in [0, 0.1) is 0 Å². The zero-order valence-electron chi connectivity index (χ0n) is 8.02. The molecule has 0 spiro atoms. The van der Waals surface area contributed by atoms with Gasteiger partial charge >= 0.3 is 5.97 Å². The van der Waals surface area contributed by atoms with Crippen molar-refractivity contribution < 1.29 is 19.7 Å². The number of phenols is 1. The number of benzene rings is 1. The Morgan fingerprint density at radius 2 is 2.07 bits per heavy atom. The molecular formula is C10H12O4. The van der Waals surface area contributed by atoms with Crippen molar-refractivity contribution in [3.63, 3.8) is 0 Å². The summed E-state index contributed by atoms with van der Waals surface area (Å²) in [6.45, 7) is 3.70. The van der Waals surface area contributed by atoms with E-state index in [9.17, 15) is 9.90 Å². The van der Waals surface area contributed by atoms with Gasteiger partial charge in [-0.1, -0.05) is 0 Å². The minimum absolute atomic E-state index is 0.00919. The highest BCUT2D eigenvalue weighted by Gasteiger charge is 2.10. The zero-order valence-corrected chi connectivity index (χ0v) is 8.02. The molecule has 0 unspecified atom stereocenters. The van der Waals surface area contributed by atoms with Crippen LogP contribution in [0.5, 0.6) is 11.5 Å². The fraction of sp³-hybridized carbons (Fsp3) is 0.300. The predicted octanol–water partition coefficient (Wildman–Crippen LogP) is 1.88. The molecule has 0 bridgehead atoms. The molecular weight excluding hydrogens is 184 g/mol. The van der Waals surface area contributed by atoms with Crippen molar-refractivity contribution in [1.82, 2.24) is 0 Å². The number of aromatic carboxylic acids is 1. The quantitative estimate of drug-likeness (QED) is 0.774. The molecule has 0 atom stereocenters. The van der Waals surface area contributed by atoms with E-state index in [1.807, 2.05) is 13.8 Å². The van der Waals surface area contributed by atoms with Crippen molar-refractivity contribution in [2.75, 3.05) is 0 Å². The zero-order chi connectivity index (χ0) is 10.7. The van der Waals surface area contributed by atoms with E-state index in [0.717, 1.165) is 0 Å². The molecule has 0 aliphatic heterocycles. The van der Waals surface area contributed by atoms with E-state index in [1.54, 1.807) is 0 Å². The molecule has 1 aromatic rings. The predicted molar refractivity (Wildman–Crippen MR) is 50.8 cm³/mol. The molecule has 2 N–H and O–H groups in total. The maximum atomic E-state index is 10.6. The van der Waals surface area contributed by atoms with Crippen molar-refractivity contribution in [2.24, 2.45) is 0 Å². The first-order valence-corrected chi connectivity index (χ1v) is 4.23. The second-order valence-electron chi connectivity index (χ2n) is 3.15. The molecule has 0 saturated heterocycles. The molecule has 14 heavy (non-hydrogen) atoms. The van der Waals surface area contributed by atoms with Gasteiger partial charge in [-0.3, -0.25) is 0 Å². The van der Waals surface area contributed by atoms with E-state index in [2.05, 4.69) is 0 Å². The largest absolute Gasteiger partial charge is 0.507 e. The van der Waals surface area contributed by atoms with Gasteiger partial charge in [0.1, 0.15) is 17.1 Å². The Kier molecular flexibility index (Phi) is 2.96. The fourth-order valence-corrected chi connectivity index (χ4v) is 1.04. The summed E-state index contributed by atoms with van der Waals surface area (Å²) in [6.07, 6.45) is -0.00919. The number of aromatic hydroxyl groups is 1. The molecule has 0 fully saturated rings. The van der Waals surface area contributed by atoms with Gasteiger partial charge in [0.2, 0.25) is 0 Å². The maximum Gasteiger partial charge on any atom is 0.339 e. The number of hydrogen-bond donors (Lipinski definition) is 2. The Balaban J connectivity index is 2.94. The first-order chi connectivity index (χ1) is 6.50. The van der Waals surface area contributed by atoms with Crippen molar-refractivity contribution in [2.45, 2.75) is 20.0 Å². The van der Waals surface area contributed by atoms with Crippen molar-refractivity contribution >= 4 is 5.97 Å². The SMILES string of the molecule is CC(C)Oc1ccc(C(=O)O)c(O)c1.